The van der Waals surface area contributed by atoms with Gasteiger partial charge in [-0.2, -0.15) is 5.01 Å². The lowest BCUT2D eigenvalue weighted by molar-refractivity contribution is 0.0517. The Hall–Kier alpha value is -3.05. The molecular weight excluding hydrogens is 535 g/mol. The van der Waals surface area contributed by atoms with Crippen LogP contribution >= 0.6 is 46.1 Å². The van der Waals surface area contributed by atoms with Crippen LogP contribution in [0.5, 0.6) is 0 Å². The van der Waals surface area contributed by atoms with Gasteiger partial charge in [-0.05, 0) is 24.1 Å². The number of carbonyl (C=O) groups is 3. The highest BCUT2D eigenvalue weighted by molar-refractivity contribution is 7.09. The van der Waals surface area contributed by atoms with E-state index in [0.29, 0.717) is 31.6 Å². The number of nitrogens with zero attached hydrogens (tertiary/aromatic N) is 5. The summed E-state index contributed by atoms with van der Waals surface area (Å²) >= 11 is 19.3. The molecule has 0 saturated carbocycles. The van der Waals surface area contributed by atoms with E-state index < -0.39 is 17.7 Å². The fourth-order valence-electron chi connectivity index (χ4n) is 3.77. The molecule has 4 aromatic rings. The van der Waals surface area contributed by atoms with Gasteiger partial charge < -0.3 is 4.57 Å². The average Bonchev–Trinajstić information content (AvgIpc) is 3.48. The van der Waals surface area contributed by atoms with Crippen molar-refractivity contribution in [1.82, 2.24) is 30.0 Å². The number of nitrogens with one attached hydrogen (secondary N) is 1. The molecule has 1 aliphatic rings. The molecule has 0 aliphatic carbocycles. The molecule has 0 fully saturated rings. The fourth-order valence-corrected chi connectivity index (χ4v) is 5.02. The minimum Gasteiger partial charge on any atom is -0.313 e. The van der Waals surface area contributed by atoms with Crippen LogP contribution in [-0.4, -0.2) is 42.2 Å². The molecule has 0 radical (unpaired) electrons. The molecule has 178 valence electrons. The summed E-state index contributed by atoms with van der Waals surface area (Å²) < 4.78 is 1.57. The number of aromatic nitrogens is 4. The number of rotatable bonds is 5. The van der Waals surface area contributed by atoms with Crippen molar-refractivity contribution in [2.75, 3.05) is 0 Å². The van der Waals surface area contributed by atoms with Crippen molar-refractivity contribution < 1.29 is 14.4 Å². The van der Waals surface area contributed by atoms with Crippen LogP contribution in [0.2, 0.25) is 15.3 Å². The lowest BCUT2D eigenvalue weighted by atomic mass is 9.97. The van der Waals surface area contributed by atoms with Crippen molar-refractivity contribution in [3.63, 3.8) is 0 Å². The molecule has 1 aromatic carbocycles. The third-order valence-electron chi connectivity index (χ3n) is 5.39. The van der Waals surface area contributed by atoms with E-state index >= 15 is 0 Å². The Morgan fingerprint density at radius 3 is 2.54 bits per heavy atom. The maximum atomic E-state index is 13.3. The predicted octanol–water partition coefficient (Wildman–Crippen LogP) is 4.96. The predicted molar refractivity (Wildman–Crippen MR) is 132 cm³/mol. The van der Waals surface area contributed by atoms with Gasteiger partial charge in [-0.25, -0.2) is 9.97 Å². The first-order valence-corrected chi connectivity index (χ1v) is 12.3. The van der Waals surface area contributed by atoms with Gasteiger partial charge in [-0.15, -0.1) is 11.3 Å². The number of imide groups is 1. The Balaban J connectivity index is 1.44. The maximum Gasteiger partial charge on any atom is 0.289 e. The Morgan fingerprint density at radius 2 is 1.86 bits per heavy atom. The molecule has 13 heteroatoms. The van der Waals surface area contributed by atoms with Crippen LogP contribution in [0.3, 0.4) is 0 Å². The lowest BCUT2D eigenvalue weighted by Crippen LogP contribution is -2.46. The summed E-state index contributed by atoms with van der Waals surface area (Å²) in [7, 11) is 0. The zero-order valence-electron chi connectivity index (χ0n) is 18.2. The summed E-state index contributed by atoms with van der Waals surface area (Å²) in [4.78, 5) is 52.3. The van der Waals surface area contributed by atoms with Crippen molar-refractivity contribution >= 4 is 74.8 Å². The minimum atomic E-state index is -0.710. The Morgan fingerprint density at radius 1 is 1.11 bits per heavy atom. The zero-order valence-corrected chi connectivity index (χ0v) is 21.3. The van der Waals surface area contributed by atoms with Crippen molar-refractivity contribution in [1.29, 1.82) is 0 Å². The first-order chi connectivity index (χ1) is 16.7. The molecule has 1 aliphatic heterocycles. The van der Waals surface area contributed by atoms with Crippen LogP contribution < -0.4 is 5.43 Å². The van der Waals surface area contributed by atoms with Crippen LogP contribution in [-0.2, 0) is 6.54 Å². The Kier molecular flexibility index (Phi) is 6.00. The van der Waals surface area contributed by atoms with E-state index in [2.05, 4.69) is 20.4 Å². The van der Waals surface area contributed by atoms with Gasteiger partial charge in [-0.3, -0.25) is 24.8 Å². The van der Waals surface area contributed by atoms with E-state index in [1.165, 1.54) is 23.0 Å². The fraction of sp³-hybridized carbons (Fsp3) is 0.182. The summed E-state index contributed by atoms with van der Waals surface area (Å²) in [6.07, 6.45) is 1.46. The highest BCUT2D eigenvalue weighted by Crippen LogP contribution is 2.35. The van der Waals surface area contributed by atoms with Gasteiger partial charge in [0.05, 0.1) is 35.2 Å². The van der Waals surface area contributed by atoms with Gasteiger partial charge in [0.15, 0.2) is 5.15 Å². The first kappa shape index (κ1) is 23.7. The van der Waals surface area contributed by atoms with Gasteiger partial charge in [-0.1, -0.05) is 48.7 Å². The molecule has 9 nitrogen and oxygen atoms in total. The monoisotopic (exact) mass is 548 g/mol. The molecule has 0 bridgehead atoms. The molecule has 5 rings (SSSR count). The van der Waals surface area contributed by atoms with E-state index in [9.17, 15) is 14.4 Å². The summed E-state index contributed by atoms with van der Waals surface area (Å²) in [5.41, 5.74) is 3.76. The normalized spacial score (nSPS) is 13.3. The van der Waals surface area contributed by atoms with Crippen LogP contribution in [0.15, 0.2) is 29.9 Å². The van der Waals surface area contributed by atoms with Crippen LogP contribution in [0.4, 0.5) is 0 Å². The topological polar surface area (TPSA) is 110 Å². The number of benzene rings is 1. The molecular formula is C22H15Cl3N6O3S. The van der Waals surface area contributed by atoms with E-state index in [1.54, 1.807) is 22.8 Å². The molecule has 3 amide bonds. The summed E-state index contributed by atoms with van der Waals surface area (Å²) in [6, 6.07) is 4.95. The number of carbonyl (C=O) groups excluding carboxylic acids is 3. The second-order valence-electron chi connectivity index (χ2n) is 8.03. The van der Waals surface area contributed by atoms with E-state index in [1.807, 2.05) is 13.8 Å². The molecule has 4 heterocycles. The number of pyridine rings is 1. The number of fused-ring (bicyclic) bond motifs is 3. The van der Waals surface area contributed by atoms with Crippen LogP contribution in [0, 0.1) is 0 Å². The molecule has 3 aromatic heterocycles. The quantitative estimate of drug-likeness (QED) is 0.352. The number of thiazole rings is 1. The summed E-state index contributed by atoms with van der Waals surface area (Å²) in [5.74, 6) is -2.17. The summed E-state index contributed by atoms with van der Waals surface area (Å²) in [6.45, 7) is 4.00. The third-order valence-corrected chi connectivity index (χ3v) is 7.23. The molecule has 0 unspecified atom stereocenters. The van der Waals surface area contributed by atoms with Gasteiger partial charge in [0.25, 0.3) is 17.7 Å². The van der Waals surface area contributed by atoms with E-state index in [0.717, 1.165) is 0 Å². The maximum absolute atomic E-state index is 13.3. The molecule has 0 saturated heterocycles. The molecule has 0 spiro atoms. The second kappa shape index (κ2) is 8.87. The summed E-state index contributed by atoms with van der Waals surface area (Å²) in [5, 5.41) is 4.03. The van der Waals surface area contributed by atoms with E-state index in [4.69, 9.17) is 34.8 Å². The largest absolute Gasteiger partial charge is 0.313 e. The zero-order chi connectivity index (χ0) is 25.0. The number of hydrogen-bond acceptors (Lipinski definition) is 7. The number of imidazole rings is 1. The van der Waals surface area contributed by atoms with E-state index in [-0.39, 0.29) is 39.6 Å². The van der Waals surface area contributed by atoms with Crippen molar-refractivity contribution in [3.8, 4) is 0 Å². The van der Waals surface area contributed by atoms with Gasteiger partial charge in [0.1, 0.15) is 15.9 Å². The smallest absolute Gasteiger partial charge is 0.289 e. The SMILES string of the molecule is CC(C)c1nc2ccc(Cl)cc2c2c1C(=O)N(NC(=O)c1csc(Cn3cnc(Cl)c3Cl)n1)C2=O. The lowest BCUT2D eigenvalue weighted by Gasteiger charge is -2.14. The number of hydrogen-bond donors (Lipinski definition) is 1. The number of hydrazine groups is 1. The highest BCUT2D eigenvalue weighted by atomic mass is 35.5. The molecule has 35 heavy (non-hydrogen) atoms. The second-order valence-corrected chi connectivity index (χ2v) is 10.1. The third kappa shape index (κ3) is 4.06. The van der Waals surface area contributed by atoms with Crippen molar-refractivity contribution in [2.24, 2.45) is 0 Å². The molecule has 1 N–H and O–H groups in total. The average molecular weight is 550 g/mol. The van der Waals surface area contributed by atoms with Gasteiger partial charge in [0, 0.05) is 15.8 Å². The van der Waals surface area contributed by atoms with Crippen LogP contribution in [0.1, 0.15) is 61.7 Å². The van der Waals surface area contributed by atoms with Gasteiger partial charge >= 0.3 is 0 Å². The standard InChI is InChI=1S/C22H15Cl3N6O3S/c1-9(2)17-16-15(11-5-10(23)3-4-12(11)28-17)21(33)31(22(16)34)29-20(32)13-7-35-14(27-13)6-30-8-26-18(24)19(30)25/h3-5,7-9H,6H2,1-2H3,(H,29,32). The minimum absolute atomic E-state index is 0.0407. The van der Waals surface area contributed by atoms with Crippen LogP contribution in [0.25, 0.3) is 10.9 Å². The molecule has 0 atom stereocenters. The highest BCUT2D eigenvalue weighted by Gasteiger charge is 2.42. The first-order valence-electron chi connectivity index (χ1n) is 10.3. The Bertz CT molecular complexity index is 1550. The van der Waals surface area contributed by atoms with Crippen molar-refractivity contribution in [3.05, 3.63) is 72.8 Å². The number of halogens is 3. The van der Waals surface area contributed by atoms with Crippen molar-refractivity contribution in [2.45, 2.75) is 26.3 Å². The Labute approximate surface area is 217 Å². The number of amides is 3. The van der Waals surface area contributed by atoms with Gasteiger partial charge in [0.2, 0.25) is 0 Å².